The SMILES string of the molecule is O=Cc1ccc(C=C2SC(=S)N(CCC(=O)O)C2=O)cc1. The monoisotopic (exact) mass is 321 g/mol. The fourth-order valence-electron chi connectivity index (χ4n) is 1.72. The summed E-state index contributed by atoms with van der Waals surface area (Å²) in [5.41, 5.74) is 1.33. The van der Waals surface area contributed by atoms with Crippen molar-refractivity contribution < 1.29 is 19.5 Å². The van der Waals surface area contributed by atoms with Gasteiger partial charge in [0.25, 0.3) is 5.91 Å². The highest BCUT2D eigenvalue weighted by Crippen LogP contribution is 2.32. The smallest absolute Gasteiger partial charge is 0.305 e. The first kappa shape index (κ1) is 15.4. The molecule has 0 spiro atoms. The summed E-state index contributed by atoms with van der Waals surface area (Å²) in [4.78, 5) is 35.0. The second-order valence-electron chi connectivity index (χ2n) is 4.26. The Morgan fingerprint density at radius 3 is 2.48 bits per heavy atom. The lowest BCUT2D eigenvalue weighted by Gasteiger charge is -2.12. The van der Waals surface area contributed by atoms with Crippen LogP contribution in [0.25, 0.3) is 6.08 Å². The molecule has 1 heterocycles. The van der Waals surface area contributed by atoms with Crippen LogP contribution >= 0.6 is 24.0 Å². The van der Waals surface area contributed by atoms with Gasteiger partial charge in [0.05, 0.1) is 11.3 Å². The Hall–Kier alpha value is -1.99. The van der Waals surface area contributed by atoms with Crippen molar-refractivity contribution in [1.82, 2.24) is 4.90 Å². The van der Waals surface area contributed by atoms with E-state index in [2.05, 4.69) is 0 Å². The molecule has 0 saturated carbocycles. The molecule has 0 radical (unpaired) electrons. The summed E-state index contributed by atoms with van der Waals surface area (Å²) in [6.07, 6.45) is 2.28. The van der Waals surface area contributed by atoms with E-state index in [-0.39, 0.29) is 18.9 Å². The van der Waals surface area contributed by atoms with Gasteiger partial charge in [-0.1, -0.05) is 48.2 Å². The van der Waals surface area contributed by atoms with Gasteiger partial charge in [0.2, 0.25) is 0 Å². The third-order valence-corrected chi connectivity index (χ3v) is 4.17. The standard InChI is InChI=1S/C14H11NO4S2/c16-8-10-3-1-9(2-4-10)7-11-13(19)15(14(20)21-11)6-5-12(17)18/h1-4,7-8H,5-6H2,(H,17,18). The minimum Gasteiger partial charge on any atom is -0.481 e. The summed E-state index contributed by atoms with van der Waals surface area (Å²) in [5.74, 6) is -1.26. The maximum Gasteiger partial charge on any atom is 0.305 e. The van der Waals surface area contributed by atoms with Crippen LogP contribution in [-0.4, -0.2) is 39.0 Å². The van der Waals surface area contributed by atoms with Gasteiger partial charge in [-0.25, -0.2) is 0 Å². The van der Waals surface area contributed by atoms with Crippen molar-refractivity contribution in [3.63, 3.8) is 0 Å². The van der Waals surface area contributed by atoms with Crippen molar-refractivity contribution in [2.24, 2.45) is 0 Å². The predicted octanol–water partition coefficient (Wildman–Crippen LogP) is 2.17. The summed E-state index contributed by atoms with van der Waals surface area (Å²) in [6, 6.07) is 6.77. The van der Waals surface area contributed by atoms with Crippen LogP contribution in [-0.2, 0) is 9.59 Å². The van der Waals surface area contributed by atoms with Crippen molar-refractivity contribution >= 4 is 52.5 Å². The second-order valence-corrected chi connectivity index (χ2v) is 5.94. The van der Waals surface area contributed by atoms with E-state index < -0.39 is 5.97 Å². The van der Waals surface area contributed by atoms with E-state index in [1.807, 2.05) is 0 Å². The van der Waals surface area contributed by atoms with Gasteiger partial charge in [0.1, 0.15) is 10.6 Å². The molecule has 0 aromatic heterocycles. The maximum absolute atomic E-state index is 12.2. The van der Waals surface area contributed by atoms with Crippen LogP contribution in [0.1, 0.15) is 22.3 Å². The van der Waals surface area contributed by atoms with Crippen molar-refractivity contribution in [1.29, 1.82) is 0 Å². The Bertz CT molecular complexity index is 637. The fourth-order valence-corrected chi connectivity index (χ4v) is 3.03. The molecule has 7 heteroatoms. The molecule has 0 aliphatic carbocycles. The first-order valence-corrected chi connectivity index (χ1v) is 7.26. The molecule has 1 amide bonds. The van der Waals surface area contributed by atoms with E-state index in [0.29, 0.717) is 14.8 Å². The molecule has 108 valence electrons. The van der Waals surface area contributed by atoms with E-state index in [1.54, 1.807) is 30.3 Å². The molecule has 1 N–H and O–H groups in total. The van der Waals surface area contributed by atoms with Crippen LogP contribution in [0.4, 0.5) is 0 Å². The van der Waals surface area contributed by atoms with Gasteiger partial charge in [0.15, 0.2) is 0 Å². The summed E-state index contributed by atoms with van der Waals surface area (Å²) in [7, 11) is 0. The Balaban J connectivity index is 2.15. The van der Waals surface area contributed by atoms with Crippen LogP contribution < -0.4 is 0 Å². The van der Waals surface area contributed by atoms with Gasteiger partial charge in [-0.05, 0) is 11.6 Å². The van der Waals surface area contributed by atoms with Gasteiger partial charge < -0.3 is 5.11 Å². The summed E-state index contributed by atoms with van der Waals surface area (Å²) < 4.78 is 0.358. The lowest BCUT2D eigenvalue weighted by atomic mass is 10.1. The molecule has 1 aromatic rings. The number of benzene rings is 1. The number of nitrogens with zero attached hydrogens (tertiary/aromatic N) is 1. The van der Waals surface area contributed by atoms with Crippen molar-refractivity contribution in [3.05, 3.63) is 40.3 Å². The van der Waals surface area contributed by atoms with Crippen LogP contribution in [0.3, 0.4) is 0 Å². The molecule has 2 rings (SSSR count). The summed E-state index contributed by atoms with van der Waals surface area (Å²) in [6.45, 7) is 0.0709. The van der Waals surface area contributed by atoms with E-state index in [1.165, 1.54) is 4.90 Å². The molecule has 1 aromatic carbocycles. The largest absolute Gasteiger partial charge is 0.481 e. The number of aldehydes is 1. The Morgan fingerprint density at radius 2 is 1.90 bits per heavy atom. The third kappa shape index (κ3) is 3.77. The van der Waals surface area contributed by atoms with Crippen molar-refractivity contribution in [2.45, 2.75) is 6.42 Å². The van der Waals surface area contributed by atoms with Gasteiger partial charge >= 0.3 is 5.97 Å². The number of amides is 1. The molecular weight excluding hydrogens is 310 g/mol. The molecule has 1 fully saturated rings. The minimum absolute atomic E-state index is 0.0709. The zero-order valence-corrected chi connectivity index (χ0v) is 12.4. The normalized spacial score (nSPS) is 16.6. The first-order valence-electron chi connectivity index (χ1n) is 6.03. The summed E-state index contributed by atoms with van der Waals surface area (Å²) in [5, 5.41) is 8.67. The average molecular weight is 321 g/mol. The first-order chi connectivity index (χ1) is 10.0. The lowest BCUT2D eigenvalue weighted by Crippen LogP contribution is -2.30. The zero-order valence-electron chi connectivity index (χ0n) is 10.8. The number of carboxylic acid groups (broad SMARTS) is 1. The number of aliphatic carboxylic acids is 1. The van der Waals surface area contributed by atoms with Crippen LogP contribution in [0.15, 0.2) is 29.2 Å². The van der Waals surface area contributed by atoms with Crippen LogP contribution in [0.2, 0.25) is 0 Å². The zero-order chi connectivity index (χ0) is 15.4. The minimum atomic E-state index is -0.975. The van der Waals surface area contributed by atoms with E-state index >= 15 is 0 Å². The Morgan fingerprint density at radius 1 is 1.29 bits per heavy atom. The number of rotatable bonds is 5. The lowest BCUT2D eigenvalue weighted by molar-refractivity contribution is -0.137. The molecule has 1 saturated heterocycles. The topological polar surface area (TPSA) is 74.7 Å². The highest BCUT2D eigenvalue weighted by Gasteiger charge is 2.31. The molecular formula is C14H11NO4S2. The van der Waals surface area contributed by atoms with Gasteiger partial charge in [-0.3, -0.25) is 19.3 Å². The number of carbonyl (C=O) groups is 3. The van der Waals surface area contributed by atoms with E-state index in [9.17, 15) is 14.4 Å². The number of hydrogen-bond acceptors (Lipinski definition) is 5. The highest BCUT2D eigenvalue weighted by molar-refractivity contribution is 8.26. The molecule has 0 unspecified atom stereocenters. The quantitative estimate of drug-likeness (QED) is 0.509. The number of thiocarbonyl (C=S) groups is 1. The van der Waals surface area contributed by atoms with Crippen LogP contribution in [0, 0.1) is 0 Å². The average Bonchev–Trinajstić information content (AvgIpc) is 2.72. The Kier molecular flexibility index (Phi) is 4.87. The van der Waals surface area contributed by atoms with Crippen LogP contribution in [0.5, 0.6) is 0 Å². The Labute approximate surface area is 130 Å². The molecule has 5 nitrogen and oxygen atoms in total. The molecule has 1 aliphatic rings. The highest BCUT2D eigenvalue weighted by atomic mass is 32.2. The second kappa shape index (κ2) is 6.64. The van der Waals surface area contributed by atoms with Crippen molar-refractivity contribution in [2.75, 3.05) is 6.54 Å². The van der Waals surface area contributed by atoms with Crippen molar-refractivity contribution in [3.8, 4) is 0 Å². The molecule has 0 atom stereocenters. The number of hydrogen-bond donors (Lipinski definition) is 1. The maximum atomic E-state index is 12.2. The van der Waals surface area contributed by atoms with Gasteiger partial charge in [-0.2, -0.15) is 0 Å². The molecule has 1 aliphatic heterocycles. The summed E-state index contributed by atoms with van der Waals surface area (Å²) >= 11 is 6.24. The third-order valence-electron chi connectivity index (χ3n) is 2.79. The van der Waals surface area contributed by atoms with E-state index in [0.717, 1.165) is 23.6 Å². The number of carboxylic acids is 1. The van der Waals surface area contributed by atoms with E-state index in [4.69, 9.17) is 17.3 Å². The van der Waals surface area contributed by atoms with Gasteiger partial charge in [0, 0.05) is 12.1 Å². The number of carbonyl (C=O) groups excluding carboxylic acids is 2. The number of thioether (sulfide) groups is 1. The molecule has 0 bridgehead atoms. The molecule has 21 heavy (non-hydrogen) atoms. The predicted molar refractivity (Wildman–Crippen MR) is 84.0 cm³/mol. The van der Waals surface area contributed by atoms with Gasteiger partial charge in [-0.15, -0.1) is 0 Å². The fraction of sp³-hybridized carbons (Fsp3) is 0.143.